The highest BCUT2D eigenvalue weighted by Gasteiger charge is 2.27. The van der Waals surface area contributed by atoms with Crippen molar-refractivity contribution in [2.45, 2.75) is 309 Å². The lowest BCUT2D eigenvalue weighted by Gasteiger charge is -2.30. The maximum absolute atomic E-state index is 13.6. The van der Waals surface area contributed by atoms with Crippen LogP contribution in [0.2, 0.25) is 0 Å². The molecular formula is C72H129N2O7P. The second-order valence-electron chi connectivity index (χ2n) is 23.9. The summed E-state index contributed by atoms with van der Waals surface area (Å²) >= 11 is 0. The summed E-state index contributed by atoms with van der Waals surface area (Å²) in [5.74, 6) is -0.554. The Labute approximate surface area is 507 Å². The highest BCUT2D eigenvalue weighted by atomic mass is 31.2. The molecule has 0 aromatic rings. The van der Waals surface area contributed by atoms with E-state index >= 15 is 0 Å². The van der Waals surface area contributed by atoms with E-state index in [1.54, 1.807) is 0 Å². The zero-order valence-corrected chi connectivity index (χ0v) is 55.1. The van der Waals surface area contributed by atoms with Crippen LogP contribution in [0.3, 0.4) is 0 Å². The van der Waals surface area contributed by atoms with E-state index < -0.39 is 26.6 Å². The largest absolute Gasteiger partial charge is 0.756 e. The van der Waals surface area contributed by atoms with E-state index in [2.05, 4.69) is 111 Å². The van der Waals surface area contributed by atoms with Crippen LogP contribution in [0.25, 0.3) is 0 Å². The van der Waals surface area contributed by atoms with Crippen molar-refractivity contribution in [1.82, 2.24) is 5.32 Å². The molecule has 0 aromatic heterocycles. The van der Waals surface area contributed by atoms with Gasteiger partial charge >= 0.3 is 5.97 Å². The molecule has 0 bridgehead atoms. The summed E-state index contributed by atoms with van der Waals surface area (Å²) in [7, 11) is 1.17. The van der Waals surface area contributed by atoms with Crippen LogP contribution in [-0.4, -0.2) is 69.4 Å². The number of carbonyl (C=O) groups is 2. The number of rotatable bonds is 61. The molecule has 0 aliphatic carbocycles. The van der Waals surface area contributed by atoms with Gasteiger partial charge in [-0.1, -0.05) is 272 Å². The first-order valence-corrected chi connectivity index (χ1v) is 35.5. The number of quaternary nitrogens is 1. The lowest BCUT2D eigenvalue weighted by molar-refractivity contribution is -0.870. The van der Waals surface area contributed by atoms with Gasteiger partial charge in [-0.05, 0) is 109 Å². The molecule has 1 amide bonds. The van der Waals surface area contributed by atoms with Crippen molar-refractivity contribution in [1.29, 1.82) is 0 Å². The standard InChI is InChI=1S/C72H129N2O7P/c1-7-10-13-16-19-22-25-28-30-32-34-36-37-39-40-42-44-46-49-52-55-58-61-64-71(75)73-69(68-80-82(77,78)79-67-66-74(4,5)6)70(63-60-57-54-51-48-27-24-21-18-15-12-9-3)81-72(76)65-62-59-56-53-50-47-45-43-41-38-35-33-31-29-26-23-20-17-14-11-8-2/h10,13,19-20,22-23,28-31,34,36,39-40,60,63,69-70H,7-9,11-12,14-18,21,24-27,32-33,35,37-38,41-59,61-62,64-68H2,1-6H3,(H-,73,75,77,78)/b13-10-,22-19-,23-20-,30-28-,31-29-,36-34-,40-39-,63-60+. The zero-order valence-electron chi connectivity index (χ0n) is 54.2. The number of carbonyl (C=O) groups excluding carboxylic acids is 2. The third-order valence-electron chi connectivity index (χ3n) is 14.7. The Kier molecular flexibility index (Phi) is 58.7. The summed E-state index contributed by atoms with van der Waals surface area (Å²) in [6, 6.07) is -0.901. The van der Waals surface area contributed by atoms with Gasteiger partial charge in [0.2, 0.25) is 5.91 Å². The molecule has 3 atom stereocenters. The Bertz CT molecular complexity index is 1720. The average molecular weight is 1170 g/mol. The Morgan fingerprint density at radius 1 is 0.439 bits per heavy atom. The monoisotopic (exact) mass is 1160 g/mol. The van der Waals surface area contributed by atoms with Gasteiger partial charge in [0, 0.05) is 12.8 Å². The maximum atomic E-state index is 13.6. The number of nitrogens with zero attached hydrogens (tertiary/aromatic N) is 1. The first-order chi connectivity index (χ1) is 39.9. The van der Waals surface area contributed by atoms with Crippen LogP contribution < -0.4 is 10.2 Å². The lowest BCUT2D eigenvalue weighted by Crippen LogP contribution is -2.47. The highest BCUT2D eigenvalue weighted by Crippen LogP contribution is 2.38. The summed E-state index contributed by atoms with van der Waals surface area (Å²) < 4.78 is 30.4. The van der Waals surface area contributed by atoms with Crippen LogP contribution in [0.4, 0.5) is 0 Å². The molecule has 9 nitrogen and oxygen atoms in total. The van der Waals surface area contributed by atoms with E-state index in [0.29, 0.717) is 17.4 Å². The fraction of sp³-hybridized carbons (Fsp3) is 0.750. The number of nitrogens with one attached hydrogen (secondary N) is 1. The second-order valence-corrected chi connectivity index (χ2v) is 25.4. The lowest BCUT2D eigenvalue weighted by atomic mass is 10.0. The van der Waals surface area contributed by atoms with Gasteiger partial charge in [-0.2, -0.15) is 0 Å². The minimum atomic E-state index is -4.71. The van der Waals surface area contributed by atoms with Crippen molar-refractivity contribution in [3.05, 3.63) is 97.2 Å². The zero-order chi connectivity index (χ0) is 60.0. The van der Waals surface area contributed by atoms with Crippen molar-refractivity contribution < 1.29 is 37.3 Å². The summed E-state index contributed by atoms with van der Waals surface area (Å²) in [6.07, 6.45) is 82.3. The number of hydrogen-bond acceptors (Lipinski definition) is 7. The van der Waals surface area contributed by atoms with E-state index in [9.17, 15) is 19.0 Å². The molecule has 0 saturated heterocycles. The minimum Gasteiger partial charge on any atom is -0.756 e. The van der Waals surface area contributed by atoms with Crippen LogP contribution >= 0.6 is 7.82 Å². The molecule has 474 valence electrons. The highest BCUT2D eigenvalue weighted by molar-refractivity contribution is 7.45. The van der Waals surface area contributed by atoms with Gasteiger partial charge < -0.3 is 28.5 Å². The fourth-order valence-electron chi connectivity index (χ4n) is 9.52. The fourth-order valence-corrected chi connectivity index (χ4v) is 10.2. The molecule has 3 unspecified atom stereocenters. The molecular weight excluding hydrogens is 1040 g/mol. The molecule has 0 saturated carbocycles. The van der Waals surface area contributed by atoms with Gasteiger partial charge in [0.15, 0.2) is 0 Å². The Balaban J connectivity index is 5.16. The summed E-state index contributed by atoms with van der Waals surface area (Å²) in [5.41, 5.74) is 0. The third-order valence-corrected chi connectivity index (χ3v) is 15.7. The summed E-state index contributed by atoms with van der Waals surface area (Å²) in [4.78, 5) is 40.1. The topological polar surface area (TPSA) is 114 Å². The molecule has 0 spiro atoms. The number of esters is 1. The Morgan fingerprint density at radius 3 is 1.20 bits per heavy atom. The van der Waals surface area contributed by atoms with E-state index in [-0.39, 0.29) is 24.9 Å². The molecule has 0 aliphatic heterocycles. The van der Waals surface area contributed by atoms with E-state index in [1.807, 2.05) is 33.3 Å². The predicted octanol–water partition coefficient (Wildman–Crippen LogP) is 20.9. The number of amides is 1. The summed E-state index contributed by atoms with van der Waals surface area (Å²) in [6.45, 7) is 6.71. The van der Waals surface area contributed by atoms with Gasteiger partial charge in [0.25, 0.3) is 7.82 Å². The number of hydrogen-bond donors (Lipinski definition) is 1. The Hall–Kier alpha value is -3.07. The van der Waals surface area contributed by atoms with Gasteiger partial charge in [-0.25, -0.2) is 0 Å². The van der Waals surface area contributed by atoms with E-state index in [4.69, 9.17) is 13.8 Å². The number of allylic oxidation sites excluding steroid dienone is 15. The van der Waals surface area contributed by atoms with Crippen molar-refractivity contribution in [3.63, 3.8) is 0 Å². The van der Waals surface area contributed by atoms with Crippen molar-refractivity contribution in [3.8, 4) is 0 Å². The summed E-state index contributed by atoms with van der Waals surface area (Å²) in [5, 5.41) is 3.03. The quantitative estimate of drug-likeness (QED) is 0.0212. The molecule has 0 aliphatic rings. The van der Waals surface area contributed by atoms with E-state index in [1.165, 1.54) is 154 Å². The molecule has 0 fully saturated rings. The molecule has 0 heterocycles. The Morgan fingerprint density at radius 2 is 0.780 bits per heavy atom. The molecule has 10 heteroatoms. The number of phosphoric ester groups is 1. The van der Waals surface area contributed by atoms with Crippen LogP contribution in [0.5, 0.6) is 0 Å². The average Bonchev–Trinajstić information content (AvgIpc) is 3.47. The number of ether oxygens (including phenoxy) is 1. The van der Waals surface area contributed by atoms with Gasteiger partial charge in [0.1, 0.15) is 19.3 Å². The van der Waals surface area contributed by atoms with Gasteiger partial charge in [-0.3, -0.25) is 14.2 Å². The third kappa shape index (κ3) is 61.5. The first-order valence-electron chi connectivity index (χ1n) is 34.0. The van der Waals surface area contributed by atoms with Crippen LogP contribution in [-0.2, 0) is 27.9 Å². The van der Waals surface area contributed by atoms with Crippen LogP contribution in [0.15, 0.2) is 97.2 Å². The maximum Gasteiger partial charge on any atom is 0.306 e. The number of unbranched alkanes of at least 4 members (excludes halogenated alkanes) is 31. The van der Waals surface area contributed by atoms with Crippen molar-refractivity contribution >= 4 is 19.7 Å². The SMILES string of the molecule is CC/C=C\C/C=C\C/C=C\C/C=C\C/C=C\CCCCCCCCCC(=O)NC(COP(=O)([O-])OCC[N+](C)(C)C)C(/C=C/CCCCCCCCCCCC)OC(=O)CCCCCCCCCCCCC/C=C\C/C=C\CCCCC. The van der Waals surface area contributed by atoms with Gasteiger partial charge in [-0.15, -0.1) is 0 Å². The molecule has 0 radical (unpaired) electrons. The molecule has 0 aromatic carbocycles. The second kappa shape index (κ2) is 61.0. The first kappa shape index (κ1) is 78.9. The van der Waals surface area contributed by atoms with Gasteiger partial charge in [0.05, 0.1) is 33.8 Å². The minimum absolute atomic E-state index is 0.0287. The number of phosphoric acid groups is 1. The molecule has 82 heavy (non-hydrogen) atoms. The van der Waals surface area contributed by atoms with Crippen LogP contribution in [0.1, 0.15) is 297 Å². The van der Waals surface area contributed by atoms with Crippen LogP contribution in [0, 0.1) is 0 Å². The smallest absolute Gasteiger partial charge is 0.306 e. The molecule has 0 rings (SSSR count). The predicted molar refractivity (Wildman–Crippen MR) is 353 cm³/mol. The number of likely N-dealkylation sites (N-methyl/N-ethyl adjacent to an activating group) is 1. The molecule has 1 N–H and O–H groups in total. The van der Waals surface area contributed by atoms with E-state index in [0.717, 1.165) is 109 Å². The van der Waals surface area contributed by atoms with Crippen molar-refractivity contribution in [2.75, 3.05) is 40.9 Å². The van der Waals surface area contributed by atoms with Crippen molar-refractivity contribution in [2.24, 2.45) is 0 Å². The normalized spacial score (nSPS) is 14.2.